The quantitative estimate of drug-likeness (QED) is 0.718. The molecule has 4 N–H and O–H groups in total. The molecule has 0 unspecified atom stereocenters. The van der Waals surface area contributed by atoms with E-state index < -0.39 is 24.1 Å². The molecule has 0 saturated carbocycles. The summed E-state index contributed by atoms with van der Waals surface area (Å²) in [6.07, 6.45) is -0.620. The van der Waals surface area contributed by atoms with Crippen molar-refractivity contribution in [2.24, 2.45) is 5.73 Å². The maximum Gasteiger partial charge on any atom is 0.324 e. The van der Waals surface area contributed by atoms with E-state index in [1.807, 2.05) is 12.3 Å². The number of aryl methyl sites for hydroxylation is 1. The predicted octanol–water partition coefficient (Wildman–Crippen LogP) is 2.32. The van der Waals surface area contributed by atoms with Gasteiger partial charge in [0.15, 0.2) is 5.13 Å². The number of amides is 3. The van der Waals surface area contributed by atoms with Crippen LogP contribution in [0.3, 0.4) is 0 Å². The summed E-state index contributed by atoms with van der Waals surface area (Å²) in [5, 5.41) is 16.0. The molecule has 8 nitrogen and oxygen atoms in total. The molecule has 1 fully saturated rings. The van der Waals surface area contributed by atoms with Crippen molar-refractivity contribution in [3.63, 3.8) is 0 Å². The number of carbonyl (C=O) groups excluding carboxylic acids is 2. The Hall–Kier alpha value is -2.04. The Balaban J connectivity index is 1.78. The van der Waals surface area contributed by atoms with Gasteiger partial charge in [0.1, 0.15) is 6.04 Å². The Morgan fingerprint density at radius 1 is 1.37 bits per heavy atom. The van der Waals surface area contributed by atoms with Gasteiger partial charge in [-0.05, 0) is 13.3 Å². The number of rotatable bonds is 3. The lowest BCUT2D eigenvalue weighted by Gasteiger charge is -2.23. The first-order valence-electron chi connectivity index (χ1n) is 8.56. The third-order valence-corrected chi connectivity index (χ3v) is 6.67. The molecule has 3 amide bonds. The lowest BCUT2D eigenvalue weighted by atomic mass is 9.98. The number of aromatic nitrogens is 2. The first-order chi connectivity index (χ1) is 12.6. The molecular formula is C17H23N5O3S2. The molecule has 2 aromatic rings. The lowest BCUT2D eigenvalue weighted by molar-refractivity contribution is -0.123. The minimum atomic E-state index is -1.02. The molecular weight excluding hydrogens is 386 g/mol. The molecule has 1 saturated heterocycles. The van der Waals surface area contributed by atoms with Crippen LogP contribution >= 0.6 is 22.7 Å². The molecule has 2 atom stereocenters. The van der Waals surface area contributed by atoms with Gasteiger partial charge in [-0.2, -0.15) is 0 Å². The number of hydrogen-bond acceptors (Lipinski definition) is 7. The van der Waals surface area contributed by atoms with E-state index in [2.05, 4.69) is 31.1 Å². The number of nitrogens with two attached hydrogens (primary N) is 1. The maximum absolute atomic E-state index is 12.5. The van der Waals surface area contributed by atoms with Crippen LogP contribution in [-0.2, 0) is 10.2 Å². The summed E-state index contributed by atoms with van der Waals surface area (Å²) in [6.45, 7) is 8.46. The van der Waals surface area contributed by atoms with Crippen LogP contribution in [0.1, 0.15) is 37.9 Å². The van der Waals surface area contributed by atoms with E-state index in [1.165, 1.54) is 16.2 Å². The first kappa shape index (κ1) is 19.7. The lowest BCUT2D eigenvalue weighted by Crippen LogP contribution is -2.49. The van der Waals surface area contributed by atoms with Crippen molar-refractivity contribution >= 4 is 39.7 Å². The van der Waals surface area contributed by atoms with Gasteiger partial charge in [-0.25, -0.2) is 14.8 Å². The monoisotopic (exact) mass is 409 g/mol. The normalized spacial score (nSPS) is 20.1. The van der Waals surface area contributed by atoms with E-state index in [0.717, 1.165) is 21.3 Å². The second kappa shape index (κ2) is 7.17. The zero-order valence-corrected chi connectivity index (χ0v) is 17.3. The van der Waals surface area contributed by atoms with E-state index >= 15 is 0 Å². The fraction of sp³-hybridized carbons (Fsp3) is 0.529. The van der Waals surface area contributed by atoms with Crippen molar-refractivity contribution in [3.05, 3.63) is 16.1 Å². The van der Waals surface area contributed by atoms with Crippen molar-refractivity contribution in [2.75, 3.05) is 11.9 Å². The van der Waals surface area contributed by atoms with Crippen LogP contribution < -0.4 is 11.1 Å². The van der Waals surface area contributed by atoms with Crippen LogP contribution in [0.5, 0.6) is 0 Å². The number of carbonyl (C=O) groups is 2. The maximum atomic E-state index is 12.5. The fourth-order valence-electron chi connectivity index (χ4n) is 2.92. The zero-order valence-electron chi connectivity index (χ0n) is 15.6. The van der Waals surface area contributed by atoms with Crippen LogP contribution in [0, 0.1) is 6.92 Å². The first-order valence-corrected chi connectivity index (χ1v) is 10.3. The van der Waals surface area contributed by atoms with Crippen molar-refractivity contribution < 1.29 is 14.7 Å². The number of urea groups is 1. The van der Waals surface area contributed by atoms with Crippen molar-refractivity contribution in [1.82, 2.24) is 14.9 Å². The molecule has 27 heavy (non-hydrogen) atoms. The molecule has 0 aromatic carbocycles. The largest absolute Gasteiger partial charge is 0.390 e. The number of aliphatic hydroxyl groups excluding tert-OH is 1. The van der Waals surface area contributed by atoms with Gasteiger partial charge < -0.3 is 15.7 Å². The van der Waals surface area contributed by atoms with Crippen LogP contribution in [0.4, 0.5) is 9.93 Å². The number of aliphatic hydroxyl groups is 1. The molecule has 0 spiro atoms. The van der Waals surface area contributed by atoms with E-state index in [-0.39, 0.29) is 12.0 Å². The summed E-state index contributed by atoms with van der Waals surface area (Å²) in [6, 6.07) is -1.51. The number of likely N-dealkylation sites (tertiary alicyclic amines) is 1. The highest BCUT2D eigenvalue weighted by atomic mass is 32.1. The molecule has 3 rings (SSSR count). The summed E-state index contributed by atoms with van der Waals surface area (Å²) in [7, 11) is 0. The number of anilines is 1. The summed E-state index contributed by atoms with van der Waals surface area (Å²) >= 11 is 2.93. The predicted molar refractivity (Wildman–Crippen MR) is 106 cm³/mol. The molecule has 10 heteroatoms. The topological polar surface area (TPSA) is 121 Å². The molecule has 1 aliphatic heterocycles. The molecule has 0 bridgehead atoms. The van der Waals surface area contributed by atoms with Gasteiger partial charge in [0.2, 0.25) is 5.91 Å². The average Bonchev–Trinajstić information content (AvgIpc) is 3.24. The second-order valence-corrected chi connectivity index (χ2v) is 9.41. The van der Waals surface area contributed by atoms with Gasteiger partial charge in [0.05, 0.1) is 27.4 Å². The van der Waals surface area contributed by atoms with Gasteiger partial charge in [-0.15, -0.1) is 11.3 Å². The number of primary amides is 1. The number of thiazole rings is 2. The standard InChI is InChI=1S/C17H23N5O3S2/c1-8-12(9-7-26-14(20-9)17(2,3)4)27-15(19-8)21-16(25)22-6-5-10(23)11(22)13(18)24/h7,10-11,23H,5-6H2,1-4H3,(H2,18,24)(H,19,21,25)/t10-,11-/m0/s1. The Labute approximate surface area is 165 Å². The molecule has 1 aliphatic rings. The Morgan fingerprint density at radius 2 is 2.07 bits per heavy atom. The SMILES string of the molecule is Cc1nc(NC(=O)N2CC[C@H](O)[C@H]2C(N)=O)sc1-c1csc(C(C)(C)C)n1. The van der Waals surface area contributed by atoms with E-state index in [1.54, 1.807) is 11.3 Å². The highest BCUT2D eigenvalue weighted by molar-refractivity contribution is 7.19. The van der Waals surface area contributed by atoms with Gasteiger partial charge >= 0.3 is 6.03 Å². The highest BCUT2D eigenvalue weighted by Crippen LogP contribution is 2.36. The van der Waals surface area contributed by atoms with Crippen LogP contribution in [0.15, 0.2) is 5.38 Å². The van der Waals surface area contributed by atoms with Crippen LogP contribution in [0.2, 0.25) is 0 Å². The summed E-state index contributed by atoms with van der Waals surface area (Å²) in [4.78, 5) is 35.3. The Bertz CT molecular complexity index is 870. The summed E-state index contributed by atoms with van der Waals surface area (Å²) < 4.78 is 0. The van der Waals surface area contributed by atoms with Gasteiger partial charge in [-0.3, -0.25) is 10.1 Å². The van der Waals surface area contributed by atoms with Crippen LogP contribution in [0.25, 0.3) is 10.6 Å². The minimum absolute atomic E-state index is 0.0289. The summed E-state index contributed by atoms with van der Waals surface area (Å²) in [5.74, 6) is -0.719. The molecule has 0 aliphatic carbocycles. The van der Waals surface area contributed by atoms with Gasteiger partial charge in [0, 0.05) is 17.3 Å². The molecule has 146 valence electrons. The zero-order chi connectivity index (χ0) is 19.9. The number of nitrogens with zero attached hydrogens (tertiary/aromatic N) is 3. The van der Waals surface area contributed by atoms with E-state index in [0.29, 0.717) is 11.6 Å². The Morgan fingerprint density at radius 3 is 2.67 bits per heavy atom. The van der Waals surface area contributed by atoms with Crippen molar-refractivity contribution in [2.45, 2.75) is 51.7 Å². The van der Waals surface area contributed by atoms with Gasteiger partial charge in [-0.1, -0.05) is 32.1 Å². The third-order valence-electron chi connectivity index (χ3n) is 4.31. The van der Waals surface area contributed by atoms with E-state index in [9.17, 15) is 14.7 Å². The fourth-order valence-corrected chi connectivity index (χ4v) is 4.81. The van der Waals surface area contributed by atoms with Crippen molar-refractivity contribution in [1.29, 1.82) is 0 Å². The van der Waals surface area contributed by atoms with E-state index in [4.69, 9.17) is 10.7 Å². The number of hydrogen-bond donors (Lipinski definition) is 3. The summed E-state index contributed by atoms with van der Waals surface area (Å²) in [5.41, 5.74) is 6.89. The van der Waals surface area contributed by atoms with Crippen molar-refractivity contribution in [3.8, 4) is 10.6 Å². The average molecular weight is 410 g/mol. The minimum Gasteiger partial charge on any atom is -0.390 e. The highest BCUT2D eigenvalue weighted by Gasteiger charge is 2.40. The molecule has 2 aromatic heterocycles. The Kier molecular flexibility index (Phi) is 5.24. The smallest absolute Gasteiger partial charge is 0.324 e. The molecule has 3 heterocycles. The second-order valence-electron chi connectivity index (χ2n) is 7.55. The molecule has 0 radical (unpaired) electrons. The number of nitrogens with one attached hydrogen (secondary N) is 1. The van der Waals surface area contributed by atoms with Crippen LogP contribution in [-0.4, -0.2) is 50.6 Å². The van der Waals surface area contributed by atoms with Gasteiger partial charge in [0.25, 0.3) is 0 Å². The third kappa shape index (κ3) is 3.97.